The summed E-state index contributed by atoms with van der Waals surface area (Å²) in [6.07, 6.45) is 3.75. The molecule has 2 rings (SSSR count). The van der Waals surface area contributed by atoms with Crippen molar-refractivity contribution in [2.75, 3.05) is 17.6 Å². The third kappa shape index (κ3) is 3.39. The molecule has 0 spiro atoms. The van der Waals surface area contributed by atoms with E-state index in [1.54, 1.807) is 6.07 Å². The SMILES string of the molecule is CC1CCCC(O)(CNc2ccc([N+](=O)[O-])c(N)c2)C1. The van der Waals surface area contributed by atoms with Gasteiger partial charge in [0.25, 0.3) is 5.69 Å². The fourth-order valence-electron chi connectivity index (χ4n) is 2.89. The van der Waals surface area contributed by atoms with E-state index in [1.165, 1.54) is 12.1 Å². The number of aliphatic hydroxyl groups is 1. The van der Waals surface area contributed by atoms with E-state index in [2.05, 4.69) is 12.2 Å². The van der Waals surface area contributed by atoms with Crippen molar-refractivity contribution in [2.45, 2.75) is 38.2 Å². The van der Waals surface area contributed by atoms with Gasteiger partial charge in [0.2, 0.25) is 0 Å². The minimum atomic E-state index is -0.700. The van der Waals surface area contributed by atoms with Gasteiger partial charge in [-0.1, -0.05) is 19.8 Å². The molecule has 1 aliphatic carbocycles. The minimum absolute atomic E-state index is 0.0967. The number of hydrogen-bond acceptors (Lipinski definition) is 5. The first-order chi connectivity index (χ1) is 9.39. The Labute approximate surface area is 118 Å². The number of nitro groups is 1. The van der Waals surface area contributed by atoms with Gasteiger partial charge in [0, 0.05) is 18.3 Å². The van der Waals surface area contributed by atoms with Gasteiger partial charge in [-0.05, 0) is 30.9 Å². The van der Waals surface area contributed by atoms with Crippen LogP contribution >= 0.6 is 0 Å². The fraction of sp³-hybridized carbons (Fsp3) is 0.571. The third-order valence-electron chi connectivity index (χ3n) is 3.91. The lowest BCUT2D eigenvalue weighted by Crippen LogP contribution is -2.41. The molecule has 1 aromatic carbocycles. The largest absolute Gasteiger partial charge is 0.393 e. The summed E-state index contributed by atoms with van der Waals surface area (Å²) in [6.45, 7) is 2.59. The standard InChI is InChI=1S/C14H21N3O3/c1-10-3-2-6-14(18,8-10)9-16-11-4-5-13(17(19)20)12(15)7-11/h4-5,7,10,16,18H,2-3,6,8-9,15H2,1H3. The van der Waals surface area contributed by atoms with E-state index < -0.39 is 10.5 Å². The van der Waals surface area contributed by atoms with Gasteiger partial charge in [-0.15, -0.1) is 0 Å². The van der Waals surface area contributed by atoms with Crippen LogP contribution in [0.2, 0.25) is 0 Å². The van der Waals surface area contributed by atoms with Crippen LogP contribution in [0, 0.1) is 16.0 Å². The second kappa shape index (κ2) is 5.66. The van der Waals surface area contributed by atoms with Crippen molar-refractivity contribution in [1.29, 1.82) is 0 Å². The Bertz CT molecular complexity index is 506. The molecule has 2 atom stereocenters. The first-order valence-corrected chi connectivity index (χ1v) is 6.90. The van der Waals surface area contributed by atoms with Gasteiger partial charge >= 0.3 is 0 Å². The molecule has 0 aromatic heterocycles. The molecule has 1 saturated carbocycles. The Morgan fingerprint density at radius 1 is 1.60 bits per heavy atom. The van der Waals surface area contributed by atoms with Crippen LogP contribution in [0.1, 0.15) is 32.6 Å². The fourth-order valence-corrected chi connectivity index (χ4v) is 2.89. The Kier molecular flexibility index (Phi) is 4.13. The molecule has 1 aromatic rings. The summed E-state index contributed by atoms with van der Waals surface area (Å²) < 4.78 is 0. The van der Waals surface area contributed by atoms with Crippen LogP contribution in [-0.4, -0.2) is 22.2 Å². The zero-order valence-electron chi connectivity index (χ0n) is 11.6. The van der Waals surface area contributed by atoms with E-state index in [0.717, 1.165) is 25.7 Å². The molecule has 0 bridgehead atoms. The number of nitro benzene ring substituents is 1. The van der Waals surface area contributed by atoms with E-state index in [0.29, 0.717) is 18.2 Å². The summed E-state index contributed by atoms with van der Waals surface area (Å²) >= 11 is 0. The van der Waals surface area contributed by atoms with Crippen LogP contribution in [0.25, 0.3) is 0 Å². The van der Waals surface area contributed by atoms with Gasteiger partial charge in [0.1, 0.15) is 5.69 Å². The summed E-state index contributed by atoms with van der Waals surface area (Å²) in [5, 5.41) is 24.3. The Morgan fingerprint density at radius 3 is 2.95 bits per heavy atom. The van der Waals surface area contributed by atoms with E-state index in [9.17, 15) is 15.2 Å². The number of anilines is 2. The van der Waals surface area contributed by atoms with Gasteiger partial charge in [0.05, 0.1) is 10.5 Å². The molecule has 0 amide bonds. The van der Waals surface area contributed by atoms with Crippen molar-refractivity contribution in [3.8, 4) is 0 Å². The highest BCUT2D eigenvalue weighted by molar-refractivity contribution is 5.65. The molecule has 2 unspecified atom stereocenters. The molecular formula is C14H21N3O3. The van der Waals surface area contributed by atoms with Gasteiger partial charge < -0.3 is 16.2 Å². The molecule has 0 saturated heterocycles. The zero-order chi connectivity index (χ0) is 14.8. The summed E-state index contributed by atoms with van der Waals surface area (Å²) in [5.41, 5.74) is 5.67. The molecule has 1 aliphatic rings. The number of hydrogen-bond donors (Lipinski definition) is 3. The monoisotopic (exact) mass is 279 g/mol. The van der Waals surface area contributed by atoms with Gasteiger partial charge in [-0.2, -0.15) is 0 Å². The van der Waals surface area contributed by atoms with E-state index in [-0.39, 0.29) is 11.4 Å². The van der Waals surface area contributed by atoms with Gasteiger partial charge in [-0.3, -0.25) is 10.1 Å². The number of rotatable bonds is 4. The Balaban J connectivity index is 2.00. The first kappa shape index (κ1) is 14.6. The van der Waals surface area contributed by atoms with Gasteiger partial charge in [0.15, 0.2) is 0 Å². The quantitative estimate of drug-likeness (QED) is 0.446. The smallest absolute Gasteiger partial charge is 0.292 e. The van der Waals surface area contributed by atoms with E-state index in [1.807, 2.05) is 0 Å². The summed E-state index contributed by atoms with van der Waals surface area (Å²) in [5.74, 6) is 0.525. The van der Waals surface area contributed by atoms with Crippen LogP contribution in [0.15, 0.2) is 18.2 Å². The van der Waals surface area contributed by atoms with Crippen molar-refractivity contribution in [3.05, 3.63) is 28.3 Å². The third-order valence-corrected chi connectivity index (χ3v) is 3.91. The highest BCUT2D eigenvalue weighted by Gasteiger charge is 2.32. The molecule has 6 heteroatoms. The Morgan fingerprint density at radius 2 is 2.35 bits per heavy atom. The van der Waals surface area contributed by atoms with Crippen molar-refractivity contribution < 1.29 is 10.0 Å². The minimum Gasteiger partial charge on any atom is -0.393 e. The van der Waals surface area contributed by atoms with Crippen molar-refractivity contribution in [3.63, 3.8) is 0 Å². The van der Waals surface area contributed by atoms with Crippen molar-refractivity contribution >= 4 is 17.1 Å². The van der Waals surface area contributed by atoms with E-state index >= 15 is 0 Å². The molecular weight excluding hydrogens is 258 g/mol. The summed E-state index contributed by atoms with van der Waals surface area (Å²) in [6, 6.07) is 4.53. The number of benzene rings is 1. The van der Waals surface area contributed by atoms with E-state index in [4.69, 9.17) is 5.73 Å². The summed E-state index contributed by atoms with van der Waals surface area (Å²) in [4.78, 5) is 10.2. The highest BCUT2D eigenvalue weighted by Crippen LogP contribution is 2.33. The molecule has 1 fully saturated rings. The summed E-state index contributed by atoms with van der Waals surface area (Å²) in [7, 11) is 0. The normalized spacial score (nSPS) is 26.2. The Hall–Kier alpha value is -1.82. The topological polar surface area (TPSA) is 101 Å². The van der Waals surface area contributed by atoms with Crippen LogP contribution in [-0.2, 0) is 0 Å². The second-order valence-electron chi connectivity index (χ2n) is 5.81. The lowest BCUT2D eigenvalue weighted by Gasteiger charge is -2.35. The first-order valence-electron chi connectivity index (χ1n) is 6.90. The van der Waals surface area contributed by atoms with Crippen LogP contribution in [0.4, 0.5) is 17.1 Å². The van der Waals surface area contributed by atoms with Crippen LogP contribution in [0.3, 0.4) is 0 Å². The maximum atomic E-state index is 10.7. The highest BCUT2D eigenvalue weighted by atomic mass is 16.6. The maximum absolute atomic E-state index is 10.7. The molecule has 6 nitrogen and oxygen atoms in total. The second-order valence-corrected chi connectivity index (χ2v) is 5.81. The molecule has 4 N–H and O–H groups in total. The molecule has 0 aliphatic heterocycles. The predicted molar refractivity (Wildman–Crippen MR) is 78.6 cm³/mol. The lowest BCUT2D eigenvalue weighted by molar-refractivity contribution is -0.383. The maximum Gasteiger partial charge on any atom is 0.292 e. The van der Waals surface area contributed by atoms with Crippen LogP contribution in [0.5, 0.6) is 0 Å². The molecule has 0 heterocycles. The molecule has 0 radical (unpaired) electrons. The van der Waals surface area contributed by atoms with Crippen molar-refractivity contribution in [1.82, 2.24) is 0 Å². The number of nitrogen functional groups attached to an aromatic ring is 1. The number of nitrogens with two attached hydrogens (primary N) is 1. The predicted octanol–water partition coefficient (Wildman–Crippen LogP) is 2.53. The van der Waals surface area contributed by atoms with Crippen molar-refractivity contribution in [2.24, 2.45) is 5.92 Å². The lowest BCUT2D eigenvalue weighted by atomic mass is 9.79. The number of nitrogens with zero attached hydrogens (tertiary/aromatic N) is 1. The van der Waals surface area contributed by atoms with Gasteiger partial charge in [-0.25, -0.2) is 0 Å². The number of nitrogens with one attached hydrogen (secondary N) is 1. The molecule has 20 heavy (non-hydrogen) atoms. The zero-order valence-corrected chi connectivity index (χ0v) is 11.6. The average molecular weight is 279 g/mol. The molecule has 110 valence electrons. The average Bonchev–Trinajstić information content (AvgIpc) is 2.36. The van der Waals surface area contributed by atoms with Crippen LogP contribution < -0.4 is 11.1 Å².